The molecule has 3 nitrogen and oxygen atoms in total. The average molecular weight is 195 g/mol. The highest BCUT2D eigenvalue weighted by Gasteiger charge is 2.23. The van der Waals surface area contributed by atoms with Crippen LogP contribution in [0, 0.1) is 0 Å². The molecule has 0 amide bonds. The van der Waals surface area contributed by atoms with Gasteiger partial charge in [0.2, 0.25) is 6.29 Å². The first-order valence-electron chi connectivity index (χ1n) is 2.65. The molecule has 1 fully saturated rings. The van der Waals surface area contributed by atoms with Crippen LogP contribution in [-0.2, 0) is 14.3 Å². The van der Waals surface area contributed by atoms with Crippen molar-refractivity contribution in [2.45, 2.75) is 12.4 Å². The first-order valence-corrected chi connectivity index (χ1v) is 3.77. The first kappa shape index (κ1) is 7.18. The summed E-state index contributed by atoms with van der Waals surface area (Å²) >= 11 is 3.21. The quantitative estimate of drug-likeness (QED) is 0.470. The maximum absolute atomic E-state index is 10.0. The Morgan fingerprint density at radius 2 is 2.56 bits per heavy atom. The van der Waals surface area contributed by atoms with Gasteiger partial charge in [-0.15, -0.1) is 0 Å². The maximum Gasteiger partial charge on any atom is 0.215 e. The van der Waals surface area contributed by atoms with Crippen LogP contribution in [0.15, 0.2) is 0 Å². The highest BCUT2D eigenvalue weighted by Crippen LogP contribution is 2.10. The monoisotopic (exact) mass is 194 g/mol. The van der Waals surface area contributed by atoms with Crippen LogP contribution < -0.4 is 0 Å². The zero-order valence-corrected chi connectivity index (χ0v) is 6.33. The van der Waals surface area contributed by atoms with Crippen LogP contribution in [0.25, 0.3) is 0 Å². The summed E-state index contributed by atoms with van der Waals surface area (Å²) in [7, 11) is 0. The molecule has 0 aromatic carbocycles. The van der Waals surface area contributed by atoms with Gasteiger partial charge in [-0.25, -0.2) is 0 Å². The van der Waals surface area contributed by atoms with Gasteiger partial charge < -0.3 is 9.47 Å². The van der Waals surface area contributed by atoms with Crippen LogP contribution in [-0.4, -0.2) is 30.6 Å². The summed E-state index contributed by atoms with van der Waals surface area (Å²) in [5.74, 6) is 0. The van der Waals surface area contributed by atoms with E-state index in [1.54, 1.807) is 0 Å². The Bertz CT molecular complexity index is 106. The van der Waals surface area contributed by atoms with Crippen LogP contribution in [0.1, 0.15) is 0 Å². The van der Waals surface area contributed by atoms with Crippen LogP contribution in [0.5, 0.6) is 0 Å². The topological polar surface area (TPSA) is 35.5 Å². The first-order chi connectivity index (χ1) is 4.36. The zero-order valence-electron chi connectivity index (χ0n) is 4.75. The summed E-state index contributed by atoms with van der Waals surface area (Å²) in [6, 6.07) is 0. The molecule has 0 saturated carbocycles. The fourth-order valence-corrected chi connectivity index (χ4v) is 0.962. The van der Waals surface area contributed by atoms with Gasteiger partial charge in [-0.2, -0.15) is 0 Å². The second-order valence-electron chi connectivity index (χ2n) is 1.75. The third-order valence-electron chi connectivity index (χ3n) is 1.06. The van der Waals surface area contributed by atoms with Crippen molar-refractivity contribution in [2.75, 3.05) is 11.9 Å². The van der Waals surface area contributed by atoms with Gasteiger partial charge in [0.05, 0.1) is 12.7 Å². The SMILES string of the molecule is O=CC1OCC(CBr)O1. The zero-order chi connectivity index (χ0) is 6.69. The van der Waals surface area contributed by atoms with Crippen molar-refractivity contribution in [2.24, 2.45) is 0 Å². The van der Waals surface area contributed by atoms with Crippen molar-refractivity contribution < 1.29 is 14.3 Å². The summed E-state index contributed by atoms with van der Waals surface area (Å²) in [4.78, 5) is 10.0. The number of ether oxygens (including phenoxy) is 2. The molecule has 0 aliphatic carbocycles. The smallest absolute Gasteiger partial charge is 0.215 e. The predicted octanol–water partition coefficient (Wildman–Crippen LogP) is 0.322. The molecule has 1 aliphatic heterocycles. The Hall–Kier alpha value is 0.0700. The van der Waals surface area contributed by atoms with E-state index in [4.69, 9.17) is 9.47 Å². The molecule has 9 heavy (non-hydrogen) atoms. The minimum atomic E-state index is -0.632. The molecule has 0 N–H and O–H groups in total. The van der Waals surface area contributed by atoms with Crippen LogP contribution >= 0.6 is 15.9 Å². The number of halogens is 1. The van der Waals surface area contributed by atoms with Gasteiger partial charge in [-0.1, -0.05) is 15.9 Å². The third kappa shape index (κ3) is 1.74. The van der Waals surface area contributed by atoms with Gasteiger partial charge in [-0.3, -0.25) is 4.79 Å². The van der Waals surface area contributed by atoms with E-state index < -0.39 is 6.29 Å². The van der Waals surface area contributed by atoms with Crippen molar-refractivity contribution in [3.8, 4) is 0 Å². The number of hydrogen-bond donors (Lipinski definition) is 0. The number of alkyl halides is 1. The summed E-state index contributed by atoms with van der Waals surface area (Å²) in [5, 5.41) is 0.720. The van der Waals surface area contributed by atoms with Crippen molar-refractivity contribution in [3.05, 3.63) is 0 Å². The minimum absolute atomic E-state index is 0.0419. The molecule has 4 heteroatoms. The van der Waals surface area contributed by atoms with E-state index >= 15 is 0 Å². The van der Waals surface area contributed by atoms with E-state index in [1.807, 2.05) is 0 Å². The van der Waals surface area contributed by atoms with E-state index in [2.05, 4.69) is 15.9 Å². The molecule has 0 aromatic rings. The number of carbonyl (C=O) groups is 1. The molecular formula is C5H7BrO3. The van der Waals surface area contributed by atoms with Gasteiger partial charge in [0.25, 0.3) is 0 Å². The van der Waals surface area contributed by atoms with Gasteiger partial charge in [0.15, 0.2) is 6.29 Å². The van der Waals surface area contributed by atoms with Crippen molar-refractivity contribution in [3.63, 3.8) is 0 Å². The molecule has 1 rings (SSSR count). The lowest BCUT2D eigenvalue weighted by Crippen LogP contribution is -2.13. The molecule has 2 atom stereocenters. The summed E-state index contributed by atoms with van der Waals surface area (Å²) in [6.45, 7) is 0.509. The Kier molecular flexibility index (Phi) is 2.63. The van der Waals surface area contributed by atoms with Crippen molar-refractivity contribution in [1.82, 2.24) is 0 Å². The highest BCUT2D eigenvalue weighted by molar-refractivity contribution is 9.09. The number of aldehydes is 1. The van der Waals surface area contributed by atoms with E-state index in [1.165, 1.54) is 0 Å². The number of hydrogen-bond acceptors (Lipinski definition) is 3. The fourth-order valence-electron chi connectivity index (χ4n) is 0.623. The standard InChI is InChI=1S/C5H7BrO3/c6-1-4-3-8-5(2-7)9-4/h2,4-5H,1,3H2. The Labute approximate surface area is 61.4 Å². The summed E-state index contributed by atoms with van der Waals surface area (Å²) in [6.07, 6.45) is 0.0654. The largest absolute Gasteiger partial charge is 0.343 e. The number of carbonyl (C=O) groups excluding carboxylic acids is 1. The summed E-state index contributed by atoms with van der Waals surface area (Å²) < 4.78 is 9.91. The van der Waals surface area contributed by atoms with Crippen molar-refractivity contribution >= 4 is 22.2 Å². The number of rotatable bonds is 2. The van der Waals surface area contributed by atoms with E-state index in [9.17, 15) is 4.79 Å². The van der Waals surface area contributed by atoms with Gasteiger partial charge >= 0.3 is 0 Å². The molecule has 1 saturated heterocycles. The minimum Gasteiger partial charge on any atom is -0.343 e. The summed E-state index contributed by atoms with van der Waals surface area (Å²) in [5.41, 5.74) is 0. The van der Waals surface area contributed by atoms with Crippen molar-refractivity contribution in [1.29, 1.82) is 0 Å². The molecule has 1 aliphatic rings. The highest BCUT2D eigenvalue weighted by atomic mass is 79.9. The Balaban J connectivity index is 2.28. The molecule has 0 aromatic heterocycles. The molecular weight excluding hydrogens is 188 g/mol. The lowest BCUT2D eigenvalue weighted by molar-refractivity contribution is -0.132. The second kappa shape index (κ2) is 3.29. The lowest BCUT2D eigenvalue weighted by atomic mass is 10.5. The fraction of sp³-hybridized carbons (Fsp3) is 0.800. The third-order valence-corrected chi connectivity index (χ3v) is 1.78. The van der Waals surface area contributed by atoms with Gasteiger partial charge in [0, 0.05) is 5.33 Å². The van der Waals surface area contributed by atoms with E-state index in [-0.39, 0.29) is 6.10 Å². The van der Waals surface area contributed by atoms with Crippen LogP contribution in [0.3, 0.4) is 0 Å². The maximum atomic E-state index is 10.0. The molecule has 1 heterocycles. The molecule has 52 valence electrons. The lowest BCUT2D eigenvalue weighted by Gasteiger charge is -2.00. The average Bonchev–Trinajstić information content (AvgIpc) is 2.34. The molecule has 0 radical (unpaired) electrons. The van der Waals surface area contributed by atoms with Gasteiger partial charge in [-0.05, 0) is 0 Å². The van der Waals surface area contributed by atoms with Gasteiger partial charge in [0.1, 0.15) is 0 Å². The van der Waals surface area contributed by atoms with Crippen LogP contribution in [0.4, 0.5) is 0 Å². The second-order valence-corrected chi connectivity index (χ2v) is 2.40. The van der Waals surface area contributed by atoms with E-state index in [0.29, 0.717) is 12.9 Å². The van der Waals surface area contributed by atoms with Crippen LogP contribution in [0.2, 0.25) is 0 Å². The van der Waals surface area contributed by atoms with E-state index in [0.717, 1.165) is 5.33 Å². The Morgan fingerprint density at radius 1 is 1.78 bits per heavy atom. The normalized spacial score (nSPS) is 34.8. The molecule has 0 spiro atoms. The Morgan fingerprint density at radius 3 is 2.89 bits per heavy atom. The molecule has 0 bridgehead atoms. The predicted molar refractivity (Wildman–Crippen MR) is 34.5 cm³/mol. The molecule has 2 unspecified atom stereocenters.